The first-order chi connectivity index (χ1) is 12.0. The van der Waals surface area contributed by atoms with E-state index < -0.39 is 0 Å². The maximum Gasteiger partial charge on any atom is 0.133 e. The lowest BCUT2D eigenvalue weighted by Gasteiger charge is -2.37. The van der Waals surface area contributed by atoms with Crippen LogP contribution in [-0.2, 0) is 4.79 Å². The summed E-state index contributed by atoms with van der Waals surface area (Å²) in [5.74, 6) is 2.92. The molecule has 1 fully saturated rings. The number of hydrogen-bond acceptors (Lipinski definition) is 3. The molecule has 0 spiro atoms. The first-order valence-electron chi connectivity index (χ1n) is 10.0. The van der Waals surface area contributed by atoms with Crippen LogP contribution >= 0.6 is 0 Å². The number of rotatable bonds is 6. The van der Waals surface area contributed by atoms with E-state index in [0.717, 1.165) is 23.3 Å². The summed E-state index contributed by atoms with van der Waals surface area (Å²) >= 11 is 0. The van der Waals surface area contributed by atoms with Crippen LogP contribution in [0.15, 0.2) is 12.1 Å². The smallest absolute Gasteiger partial charge is 0.133 e. The van der Waals surface area contributed by atoms with Crippen molar-refractivity contribution in [2.75, 3.05) is 6.61 Å². The molecule has 1 N–H and O–H groups in total. The summed E-state index contributed by atoms with van der Waals surface area (Å²) < 4.78 is 6.01. The average Bonchev–Trinajstić information content (AvgIpc) is 2.60. The molecule has 0 bridgehead atoms. The van der Waals surface area contributed by atoms with Crippen LogP contribution in [0.2, 0.25) is 0 Å². The van der Waals surface area contributed by atoms with E-state index in [9.17, 15) is 9.90 Å². The van der Waals surface area contributed by atoms with Crippen LogP contribution in [0, 0.1) is 11.8 Å². The van der Waals surface area contributed by atoms with Gasteiger partial charge in [0.2, 0.25) is 0 Å². The predicted octanol–water partition coefficient (Wildman–Crippen LogP) is 5.56. The van der Waals surface area contributed by atoms with Gasteiger partial charge >= 0.3 is 0 Å². The van der Waals surface area contributed by atoms with E-state index in [1.807, 2.05) is 6.07 Å². The fourth-order valence-corrected chi connectivity index (χ4v) is 4.48. The van der Waals surface area contributed by atoms with E-state index in [1.165, 1.54) is 25.7 Å². The molecule has 4 unspecified atom stereocenters. The summed E-state index contributed by atoms with van der Waals surface area (Å²) in [6.07, 6.45) is 7.10. The lowest BCUT2D eigenvalue weighted by Crippen LogP contribution is -2.32. The molecule has 1 aromatic carbocycles. The van der Waals surface area contributed by atoms with Crippen molar-refractivity contribution >= 4 is 5.78 Å². The highest BCUT2D eigenvalue weighted by Crippen LogP contribution is 2.49. The van der Waals surface area contributed by atoms with Gasteiger partial charge in [-0.3, -0.25) is 4.79 Å². The Kier molecular flexibility index (Phi) is 5.71. The van der Waals surface area contributed by atoms with Gasteiger partial charge in [-0.2, -0.15) is 0 Å². The number of carbonyl (C=O) groups is 1. The van der Waals surface area contributed by atoms with E-state index in [0.29, 0.717) is 48.7 Å². The molecule has 0 saturated heterocycles. The highest BCUT2D eigenvalue weighted by Gasteiger charge is 2.38. The standard InChI is InChI=1S/C22H32O3/c1-4-5-6-7-14(2)15(3)17-10-20(24)22-19-12-18(23)9-8-16(19)13-25-21(22)11-17/h10-11,14-16,19,24H,4-9,12-13H2,1-3H3. The zero-order chi connectivity index (χ0) is 18.0. The molecule has 1 heterocycles. The SMILES string of the molecule is CCCCCC(C)C(C)c1cc(O)c2c(c1)OCC1CCC(=O)CC21. The number of hydrogen-bond donors (Lipinski definition) is 1. The van der Waals surface area contributed by atoms with E-state index >= 15 is 0 Å². The number of aromatic hydroxyl groups is 1. The number of phenolic OH excluding ortho intramolecular Hbond substituents is 1. The first-order valence-corrected chi connectivity index (χ1v) is 10.0. The molecule has 3 nitrogen and oxygen atoms in total. The van der Waals surface area contributed by atoms with E-state index in [2.05, 4.69) is 26.8 Å². The maximum atomic E-state index is 11.9. The highest BCUT2D eigenvalue weighted by molar-refractivity contribution is 5.80. The number of unbranched alkanes of at least 4 members (excludes halogenated alkanes) is 2. The molecular formula is C22H32O3. The van der Waals surface area contributed by atoms with Crippen molar-refractivity contribution < 1.29 is 14.6 Å². The van der Waals surface area contributed by atoms with Gasteiger partial charge in [-0.1, -0.05) is 46.5 Å². The minimum atomic E-state index is 0.135. The minimum Gasteiger partial charge on any atom is -0.508 e. The molecule has 0 radical (unpaired) electrons. The van der Waals surface area contributed by atoms with Crippen molar-refractivity contribution in [1.82, 2.24) is 0 Å². The Hall–Kier alpha value is -1.51. The Labute approximate surface area is 151 Å². The van der Waals surface area contributed by atoms with Gasteiger partial charge in [-0.05, 0) is 36.0 Å². The monoisotopic (exact) mass is 344 g/mol. The number of Topliss-reactive ketones (excluding diaryl/α,β-unsaturated/α-hetero) is 1. The van der Waals surface area contributed by atoms with Crippen molar-refractivity contribution in [3.8, 4) is 11.5 Å². The molecular weight excluding hydrogens is 312 g/mol. The van der Waals surface area contributed by atoms with Crippen molar-refractivity contribution in [3.63, 3.8) is 0 Å². The van der Waals surface area contributed by atoms with E-state index in [4.69, 9.17) is 4.74 Å². The normalized spacial score (nSPS) is 24.8. The molecule has 1 saturated carbocycles. The molecule has 25 heavy (non-hydrogen) atoms. The Balaban J connectivity index is 1.81. The molecule has 3 rings (SSSR count). The quantitative estimate of drug-likeness (QED) is 0.687. The minimum absolute atomic E-state index is 0.135. The molecule has 3 heteroatoms. The van der Waals surface area contributed by atoms with Crippen molar-refractivity contribution in [3.05, 3.63) is 23.3 Å². The third-order valence-corrected chi connectivity index (χ3v) is 6.42. The lowest BCUT2D eigenvalue weighted by atomic mass is 9.73. The second kappa shape index (κ2) is 7.80. The maximum absolute atomic E-state index is 11.9. The second-order valence-electron chi connectivity index (χ2n) is 8.17. The Morgan fingerprint density at radius 1 is 1.28 bits per heavy atom. The first kappa shape index (κ1) is 18.3. The fourth-order valence-electron chi connectivity index (χ4n) is 4.48. The van der Waals surface area contributed by atoms with Crippen LogP contribution in [0.25, 0.3) is 0 Å². The van der Waals surface area contributed by atoms with Crippen molar-refractivity contribution in [2.45, 2.75) is 77.6 Å². The van der Waals surface area contributed by atoms with Gasteiger partial charge in [0.1, 0.15) is 17.3 Å². The van der Waals surface area contributed by atoms with Crippen LogP contribution in [-0.4, -0.2) is 17.5 Å². The Bertz CT molecular complexity index is 622. The van der Waals surface area contributed by atoms with Crippen LogP contribution in [0.1, 0.15) is 88.7 Å². The molecule has 1 aliphatic heterocycles. The summed E-state index contributed by atoms with van der Waals surface area (Å²) in [5, 5.41) is 10.7. The zero-order valence-corrected chi connectivity index (χ0v) is 15.9. The molecule has 0 amide bonds. The molecule has 1 aromatic rings. The fraction of sp³-hybridized carbons (Fsp3) is 0.682. The second-order valence-corrected chi connectivity index (χ2v) is 8.17. The van der Waals surface area contributed by atoms with Gasteiger partial charge in [-0.15, -0.1) is 0 Å². The lowest BCUT2D eigenvalue weighted by molar-refractivity contribution is -0.122. The van der Waals surface area contributed by atoms with Gasteiger partial charge in [0.15, 0.2) is 0 Å². The summed E-state index contributed by atoms with van der Waals surface area (Å²) in [4.78, 5) is 11.9. The molecule has 2 aliphatic rings. The number of benzene rings is 1. The van der Waals surface area contributed by atoms with E-state index in [1.54, 1.807) is 0 Å². The topological polar surface area (TPSA) is 46.5 Å². The zero-order valence-electron chi connectivity index (χ0n) is 15.9. The van der Waals surface area contributed by atoms with Crippen LogP contribution in [0.4, 0.5) is 0 Å². The Morgan fingerprint density at radius 2 is 2.08 bits per heavy atom. The summed E-state index contributed by atoms with van der Waals surface area (Å²) in [5.41, 5.74) is 2.03. The number of ketones is 1. The third kappa shape index (κ3) is 3.86. The van der Waals surface area contributed by atoms with Crippen LogP contribution in [0.5, 0.6) is 11.5 Å². The van der Waals surface area contributed by atoms with Crippen LogP contribution < -0.4 is 4.74 Å². The van der Waals surface area contributed by atoms with Gasteiger partial charge < -0.3 is 9.84 Å². The molecule has 0 aromatic heterocycles. The number of carbonyl (C=O) groups excluding carboxylic acids is 1. The van der Waals surface area contributed by atoms with Gasteiger partial charge in [0, 0.05) is 30.2 Å². The van der Waals surface area contributed by atoms with E-state index in [-0.39, 0.29) is 5.92 Å². The number of fused-ring (bicyclic) bond motifs is 3. The average molecular weight is 344 g/mol. The van der Waals surface area contributed by atoms with Crippen molar-refractivity contribution in [1.29, 1.82) is 0 Å². The predicted molar refractivity (Wildman–Crippen MR) is 100 cm³/mol. The summed E-state index contributed by atoms with van der Waals surface area (Å²) in [6.45, 7) is 7.45. The largest absolute Gasteiger partial charge is 0.508 e. The Morgan fingerprint density at radius 3 is 2.84 bits per heavy atom. The van der Waals surface area contributed by atoms with Gasteiger partial charge in [-0.25, -0.2) is 0 Å². The van der Waals surface area contributed by atoms with Gasteiger partial charge in [0.25, 0.3) is 0 Å². The summed E-state index contributed by atoms with van der Waals surface area (Å²) in [7, 11) is 0. The van der Waals surface area contributed by atoms with Gasteiger partial charge in [0.05, 0.1) is 6.61 Å². The third-order valence-electron chi connectivity index (χ3n) is 6.42. The number of phenols is 1. The molecule has 1 aliphatic carbocycles. The van der Waals surface area contributed by atoms with Crippen molar-refractivity contribution in [2.24, 2.45) is 11.8 Å². The van der Waals surface area contributed by atoms with Crippen LogP contribution in [0.3, 0.4) is 0 Å². The summed E-state index contributed by atoms with van der Waals surface area (Å²) in [6, 6.07) is 4.04. The molecule has 138 valence electrons. The number of ether oxygens (including phenoxy) is 1. The molecule has 4 atom stereocenters. The highest BCUT2D eigenvalue weighted by atomic mass is 16.5.